The number of carbonyl (C=O) groups is 1. The molecule has 0 aliphatic heterocycles. The van der Waals surface area contributed by atoms with Crippen molar-refractivity contribution in [1.82, 2.24) is 4.98 Å². The third kappa shape index (κ3) is 3.17. The molecule has 1 saturated carbocycles. The Bertz CT molecular complexity index is 487. The van der Waals surface area contributed by atoms with Crippen LogP contribution in [0.4, 0.5) is 11.5 Å². The topological polar surface area (TPSA) is 77.2 Å². The van der Waals surface area contributed by atoms with E-state index in [1.165, 1.54) is 32.8 Å². The molecule has 3 N–H and O–H groups in total. The summed E-state index contributed by atoms with van der Waals surface area (Å²) in [7, 11) is 1.36. The normalized spacial score (nSPS) is 16.9. The van der Waals surface area contributed by atoms with E-state index in [0.29, 0.717) is 17.1 Å². The lowest BCUT2D eigenvalue weighted by atomic mass is 10.1. The van der Waals surface area contributed by atoms with Crippen LogP contribution in [0.15, 0.2) is 12.3 Å². The summed E-state index contributed by atoms with van der Waals surface area (Å²) in [4.78, 5) is 16.0. The number of rotatable bonds is 5. The van der Waals surface area contributed by atoms with Crippen molar-refractivity contribution in [3.8, 4) is 0 Å². The van der Waals surface area contributed by atoms with Crippen molar-refractivity contribution in [2.75, 3.05) is 31.0 Å². The maximum absolute atomic E-state index is 11.8. The van der Waals surface area contributed by atoms with Gasteiger partial charge >= 0.3 is 5.97 Å². The number of anilines is 2. The zero-order valence-corrected chi connectivity index (χ0v) is 12.8. The summed E-state index contributed by atoms with van der Waals surface area (Å²) in [6, 6.07) is 1.60. The Morgan fingerprint density at radius 2 is 2.25 bits per heavy atom. The highest BCUT2D eigenvalue weighted by Gasteiger charge is 2.33. The summed E-state index contributed by atoms with van der Waals surface area (Å²) in [6.07, 6.45) is 8.62. The van der Waals surface area contributed by atoms with Crippen molar-refractivity contribution in [1.29, 1.82) is 0 Å². The molecule has 1 aliphatic rings. The lowest BCUT2D eigenvalue weighted by molar-refractivity contribution is 0.0601. The molecule has 0 unspecified atom stereocenters. The summed E-state index contributed by atoms with van der Waals surface area (Å²) in [5.41, 5.74) is 6.53. The highest BCUT2D eigenvalue weighted by Crippen LogP contribution is 2.40. The number of methoxy groups -OCH3 is 1. The van der Waals surface area contributed by atoms with Crippen LogP contribution in [0.5, 0.6) is 0 Å². The molecule has 0 saturated heterocycles. The maximum atomic E-state index is 11.8. The molecule has 0 radical (unpaired) electrons. The number of nitrogens with two attached hydrogens (primary N) is 1. The fourth-order valence-corrected chi connectivity index (χ4v) is 3.52. The first-order valence-electron chi connectivity index (χ1n) is 6.73. The van der Waals surface area contributed by atoms with E-state index >= 15 is 0 Å². The van der Waals surface area contributed by atoms with Crippen LogP contribution in [0, 0.1) is 0 Å². The average molecular weight is 295 g/mol. The molecular formula is C14H21N3O2S. The first kappa shape index (κ1) is 15.0. The summed E-state index contributed by atoms with van der Waals surface area (Å²) < 4.78 is 5.02. The molecule has 20 heavy (non-hydrogen) atoms. The second kappa shape index (κ2) is 6.35. The molecule has 6 heteroatoms. The van der Waals surface area contributed by atoms with E-state index in [-0.39, 0.29) is 4.75 Å². The molecule has 1 aromatic rings. The molecule has 5 nitrogen and oxygen atoms in total. The van der Waals surface area contributed by atoms with Crippen LogP contribution < -0.4 is 11.1 Å². The number of ether oxygens (including phenoxy) is 1. The van der Waals surface area contributed by atoms with Gasteiger partial charge in [-0.05, 0) is 25.2 Å². The third-order valence-corrected chi connectivity index (χ3v) is 5.26. The molecule has 1 heterocycles. The van der Waals surface area contributed by atoms with Crippen LogP contribution in [0.2, 0.25) is 0 Å². The summed E-state index contributed by atoms with van der Waals surface area (Å²) in [5, 5.41) is 3.30. The smallest absolute Gasteiger partial charge is 0.341 e. The Morgan fingerprint density at radius 1 is 1.55 bits per heavy atom. The third-order valence-electron chi connectivity index (χ3n) is 3.84. The first-order chi connectivity index (χ1) is 9.60. The second-order valence-corrected chi connectivity index (χ2v) is 6.38. The number of nitrogens with zero attached hydrogens (tertiary/aromatic N) is 1. The quantitative estimate of drug-likeness (QED) is 0.813. The molecule has 0 aromatic carbocycles. The molecule has 0 bridgehead atoms. The number of pyridine rings is 1. The monoisotopic (exact) mass is 295 g/mol. The minimum Gasteiger partial charge on any atom is -0.465 e. The van der Waals surface area contributed by atoms with E-state index in [9.17, 15) is 4.79 Å². The molecule has 1 fully saturated rings. The molecule has 0 amide bonds. The van der Waals surface area contributed by atoms with Gasteiger partial charge in [0.2, 0.25) is 0 Å². The van der Waals surface area contributed by atoms with Gasteiger partial charge < -0.3 is 15.8 Å². The number of carbonyl (C=O) groups excluding carboxylic acids is 1. The summed E-state index contributed by atoms with van der Waals surface area (Å²) in [6.45, 7) is 0.801. The number of hydrogen-bond donors (Lipinski definition) is 2. The van der Waals surface area contributed by atoms with Crippen molar-refractivity contribution in [3.05, 3.63) is 17.8 Å². The number of thioether (sulfide) groups is 1. The molecule has 110 valence electrons. The minimum atomic E-state index is -0.420. The van der Waals surface area contributed by atoms with Crippen molar-refractivity contribution >= 4 is 29.2 Å². The van der Waals surface area contributed by atoms with Crippen LogP contribution >= 0.6 is 11.8 Å². The zero-order chi connectivity index (χ0) is 14.6. The van der Waals surface area contributed by atoms with Crippen molar-refractivity contribution in [2.45, 2.75) is 30.4 Å². The van der Waals surface area contributed by atoms with Crippen LogP contribution in [-0.4, -0.2) is 35.6 Å². The van der Waals surface area contributed by atoms with Gasteiger partial charge in [0.1, 0.15) is 11.4 Å². The fourth-order valence-electron chi connectivity index (χ4n) is 2.60. The molecule has 1 aliphatic carbocycles. The van der Waals surface area contributed by atoms with Gasteiger partial charge in [0, 0.05) is 11.3 Å². The fraction of sp³-hybridized carbons (Fsp3) is 0.571. The lowest BCUT2D eigenvalue weighted by Gasteiger charge is -2.27. The van der Waals surface area contributed by atoms with E-state index in [0.717, 1.165) is 6.54 Å². The van der Waals surface area contributed by atoms with Crippen LogP contribution in [0.3, 0.4) is 0 Å². The molecule has 2 rings (SSSR count). The van der Waals surface area contributed by atoms with Crippen molar-refractivity contribution in [3.63, 3.8) is 0 Å². The number of nitrogen functional groups attached to an aromatic ring is 1. The molecule has 1 aromatic heterocycles. The van der Waals surface area contributed by atoms with E-state index in [4.69, 9.17) is 10.5 Å². The van der Waals surface area contributed by atoms with Gasteiger partial charge in [-0.25, -0.2) is 9.78 Å². The number of esters is 1. The van der Waals surface area contributed by atoms with Gasteiger partial charge in [0.25, 0.3) is 0 Å². The van der Waals surface area contributed by atoms with E-state index in [1.807, 2.05) is 11.8 Å². The predicted octanol–water partition coefficient (Wildman–Crippen LogP) is 2.54. The van der Waals surface area contributed by atoms with Gasteiger partial charge in [-0.15, -0.1) is 0 Å². The number of hydrogen-bond acceptors (Lipinski definition) is 6. The SMILES string of the molecule is COC(=O)c1cc(N)cnc1NCC1(SC)CCCC1. The number of aromatic nitrogens is 1. The zero-order valence-electron chi connectivity index (χ0n) is 11.9. The summed E-state index contributed by atoms with van der Waals surface area (Å²) in [5.74, 6) is 0.128. The van der Waals surface area contributed by atoms with E-state index in [1.54, 1.807) is 12.3 Å². The Balaban J connectivity index is 2.14. The van der Waals surface area contributed by atoms with Gasteiger partial charge in [-0.3, -0.25) is 0 Å². The standard InChI is InChI=1S/C14H21N3O2S/c1-19-13(18)11-7-10(15)8-16-12(11)17-9-14(20-2)5-3-4-6-14/h7-8H,3-6,9,15H2,1-2H3,(H,16,17). The summed E-state index contributed by atoms with van der Waals surface area (Å²) >= 11 is 1.89. The van der Waals surface area contributed by atoms with Gasteiger partial charge in [-0.1, -0.05) is 12.8 Å². The van der Waals surface area contributed by atoms with Crippen LogP contribution in [0.25, 0.3) is 0 Å². The Labute approximate surface area is 123 Å². The van der Waals surface area contributed by atoms with E-state index in [2.05, 4.69) is 16.6 Å². The second-order valence-electron chi connectivity index (χ2n) is 5.10. The number of nitrogens with one attached hydrogen (secondary N) is 1. The van der Waals surface area contributed by atoms with Crippen molar-refractivity contribution in [2.24, 2.45) is 0 Å². The van der Waals surface area contributed by atoms with E-state index < -0.39 is 5.97 Å². The molecule has 0 spiro atoms. The highest BCUT2D eigenvalue weighted by atomic mass is 32.2. The minimum absolute atomic E-state index is 0.246. The molecule has 0 atom stereocenters. The Hall–Kier alpha value is -1.43. The van der Waals surface area contributed by atoms with Crippen molar-refractivity contribution < 1.29 is 9.53 Å². The maximum Gasteiger partial charge on any atom is 0.341 e. The van der Waals surface area contributed by atoms with Crippen LogP contribution in [-0.2, 0) is 4.74 Å². The average Bonchev–Trinajstić information content (AvgIpc) is 2.94. The Morgan fingerprint density at radius 3 is 2.85 bits per heavy atom. The predicted molar refractivity (Wildman–Crippen MR) is 83.2 cm³/mol. The molecular weight excluding hydrogens is 274 g/mol. The van der Waals surface area contributed by atoms with Gasteiger partial charge in [0.05, 0.1) is 19.0 Å². The Kier molecular flexibility index (Phi) is 4.75. The lowest BCUT2D eigenvalue weighted by Crippen LogP contribution is -2.30. The largest absolute Gasteiger partial charge is 0.465 e. The van der Waals surface area contributed by atoms with Gasteiger partial charge in [0.15, 0.2) is 0 Å². The highest BCUT2D eigenvalue weighted by molar-refractivity contribution is 8.00. The first-order valence-corrected chi connectivity index (χ1v) is 7.95. The van der Waals surface area contributed by atoms with Crippen LogP contribution in [0.1, 0.15) is 36.0 Å². The van der Waals surface area contributed by atoms with Gasteiger partial charge in [-0.2, -0.15) is 11.8 Å².